The highest BCUT2D eigenvalue weighted by Gasteiger charge is 2.12. The number of ether oxygens (including phenoxy) is 1. The minimum Gasteiger partial charge on any atom is -0.481 e. The van der Waals surface area contributed by atoms with Crippen molar-refractivity contribution in [2.45, 2.75) is 26.7 Å². The van der Waals surface area contributed by atoms with Crippen molar-refractivity contribution in [3.63, 3.8) is 0 Å². The van der Waals surface area contributed by atoms with Crippen molar-refractivity contribution in [1.29, 1.82) is 0 Å². The molecule has 2 N–H and O–H groups in total. The van der Waals surface area contributed by atoms with Crippen LogP contribution in [0.3, 0.4) is 0 Å². The number of methoxy groups -OCH3 is 1. The van der Waals surface area contributed by atoms with E-state index in [1.54, 1.807) is 12.0 Å². The minimum atomic E-state index is -0.802. The molecule has 6 nitrogen and oxygen atoms in total. The van der Waals surface area contributed by atoms with Gasteiger partial charge in [-0.05, 0) is 19.3 Å². The average molecular weight is 260 g/mol. The molecule has 0 aliphatic rings. The number of aliphatic carboxylic acids is 1. The Kier molecular flexibility index (Phi) is 9.00. The van der Waals surface area contributed by atoms with Crippen LogP contribution < -0.4 is 5.32 Å². The molecular formula is C12H24N2O4. The highest BCUT2D eigenvalue weighted by atomic mass is 16.5. The van der Waals surface area contributed by atoms with Gasteiger partial charge in [0.25, 0.3) is 0 Å². The number of likely N-dealkylation sites (N-methyl/N-ethyl adjacent to an activating group) is 1. The molecule has 0 aromatic rings. The number of carboxylic acids is 1. The van der Waals surface area contributed by atoms with Gasteiger partial charge in [0.2, 0.25) is 0 Å². The van der Waals surface area contributed by atoms with Gasteiger partial charge in [0.15, 0.2) is 0 Å². The predicted octanol–water partition coefficient (Wildman–Crippen LogP) is 1.17. The van der Waals surface area contributed by atoms with E-state index < -0.39 is 5.97 Å². The van der Waals surface area contributed by atoms with Crippen LogP contribution in [0.5, 0.6) is 0 Å². The number of nitrogens with one attached hydrogen (secondary N) is 1. The predicted molar refractivity (Wildman–Crippen MR) is 68.6 cm³/mol. The van der Waals surface area contributed by atoms with E-state index in [9.17, 15) is 9.59 Å². The summed E-state index contributed by atoms with van der Waals surface area (Å²) in [4.78, 5) is 23.8. The number of amides is 2. The Morgan fingerprint density at radius 1 is 1.44 bits per heavy atom. The highest BCUT2D eigenvalue weighted by Crippen LogP contribution is 2.04. The first-order valence-corrected chi connectivity index (χ1v) is 6.24. The van der Waals surface area contributed by atoms with Gasteiger partial charge in [-0.1, -0.05) is 6.92 Å². The number of rotatable bonds is 9. The average Bonchev–Trinajstić information content (AvgIpc) is 2.34. The van der Waals surface area contributed by atoms with E-state index in [0.29, 0.717) is 32.7 Å². The van der Waals surface area contributed by atoms with Gasteiger partial charge in [0.05, 0.1) is 6.61 Å². The topological polar surface area (TPSA) is 78.9 Å². The van der Waals surface area contributed by atoms with Crippen molar-refractivity contribution < 1.29 is 19.4 Å². The second kappa shape index (κ2) is 9.70. The molecule has 0 aromatic carbocycles. The molecule has 0 aliphatic carbocycles. The highest BCUT2D eigenvalue weighted by molar-refractivity contribution is 5.74. The normalized spacial score (nSPS) is 11.9. The van der Waals surface area contributed by atoms with Crippen LogP contribution in [0.15, 0.2) is 0 Å². The fourth-order valence-corrected chi connectivity index (χ4v) is 1.45. The van der Waals surface area contributed by atoms with Crippen molar-refractivity contribution in [2.24, 2.45) is 5.92 Å². The molecule has 0 spiro atoms. The largest absolute Gasteiger partial charge is 0.481 e. The molecule has 0 rings (SSSR count). The Bertz CT molecular complexity index is 258. The Morgan fingerprint density at radius 2 is 2.11 bits per heavy atom. The van der Waals surface area contributed by atoms with Crippen LogP contribution >= 0.6 is 0 Å². The maximum Gasteiger partial charge on any atom is 0.317 e. The molecule has 0 fully saturated rings. The molecule has 6 heteroatoms. The fourth-order valence-electron chi connectivity index (χ4n) is 1.45. The summed E-state index contributed by atoms with van der Waals surface area (Å²) < 4.78 is 4.93. The zero-order valence-electron chi connectivity index (χ0n) is 11.4. The van der Waals surface area contributed by atoms with Crippen molar-refractivity contribution in [2.75, 3.05) is 33.4 Å². The Morgan fingerprint density at radius 3 is 2.61 bits per heavy atom. The number of hydrogen-bond donors (Lipinski definition) is 2. The Labute approximate surface area is 108 Å². The van der Waals surface area contributed by atoms with Crippen LogP contribution in [0.25, 0.3) is 0 Å². The SMILES string of the molecule is CCN(CCOC)C(=O)NCC(C)CCC(=O)O. The summed E-state index contributed by atoms with van der Waals surface area (Å²) in [5.74, 6) is -0.644. The van der Waals surface area contributed by atoms with Crippen LogP contribution in [0.4, 0.5) is 4.79 Å². The number of nitrogens with zero attached hydrogens (tertiary/aromatic N) is 1. The quantitative estimate of drug-likeness (QED) is 0.652. The maximum atomic E-state index is 11.8. The number of hydrogen-bond acceptors (Lipinski definition) is 3. The summed E-state index contributed by atoms with van der Waals surface area (Å²) in [5.41, 5.74) is 0. The second-order valence-corrected chi connectivity index (χ2v) is 4.30. The molecule has 0 radical (unpaired) electrons. The fraction of sp³-hybridized carbons (Fsp3) is 0.833. The third kappa shape index (κ3) is 7.89. The number of carboxylic acid groups (broad SMARTS) is 1. The van der Waals surface area contributed by atoms with Crippen LogP contribution in [-0.4, -0.2) is 55.4 Å². The number of carbonyl (C=O) groups excluding carboxylic acids is 1. The van der Waals surface area contributed by atoms with Gasteiger partial charge in [0, 0.05) is 33.2 Å². The number of urea groups is 1. The maximum absolute atomic E-state index is 11.8. The first-order chi connectivity index (χ1) is 8.51. The number of carbonyl (C=O) groups is 2. The molecule has 0 aromatic heterocycles. The standard InChI is InChI=1S/C12H24N2O4/c1-4-14(7-8-18-3)12(17)13-9-10(2)5-6-11(15)16/h10H,4-9H2,1-3H3,(H,13,17)(H,15,16). The van der Waals surface area contributed by atoms with E-state index in [-0.39, 0.29) is 18.4 Å². The summed E-state index contributed by atoms with van der Waals surface area (Å²) in [6.07, 6.45) is 0.706. The summed E-state index contributed by atoms with van der Waals surface area (Å²) in [6.45, 7) is 6.02. The van der Waals surface area contributed by atoms with E-state index in [1.807, 2.05) is 13.8 Å². The lowest BCUT2D eigenvalue weighted by molar-refractivity contribution is -0.137. The molecule has 0 saturated carbocycles. The van der Waals surface area contributed by atoms with Gasteiger partial charge in [-0.15, -0.1) is 0 Å². The summed E-state index contributed by atoms with van der Waals surface area (Å²) >= 11 is 0. The summed E-state index contributed by atoms with van der Waals surface area (Å²) in [7, 11) is 1.60. The van der Waals surface area contributed by atoms with E-state index >= 15 is 0 Å². The smallest absolute Gasteiger partial charge is 0.317 e. The van der Waals surface area contributed by atoms with Gasteiger partial charge in [-0.3, -0.25) is 4.79 Å². The van der Waals surface area contributed by atoms with Crippen molar-refractivity contribution in [1.82, 2.24) is 10.2 Å². The van der Waals surface area contributed by atoms with Crippen LogP contribution in [0.1, 0.15) is 26.7 Å². The van der Waals surface area contributed by atoms with Crippen LogP contribution in [0, 0.1) is 5.92 Å². The van der Waals surface area contributed by atoms with E-state index in [2.05, 4.69) is 5.32 Å². The van der Waals surface area contributed by atoms with Gasteiger partial charge < -0.3 is 20.1 Å². The van der Waals surface area contributed by atoms with E-state index in [1.165, 1.54) is 0 Å². The molecule has 0 heterocycles. The minimum absolute atomic E-state index is 0.128. The van der Waals surface area contributed by atoms with Crippen molar-refractivity contribution >= 4 is 12.0 Å². The molecule has 1 unspecified atom stereocenters. The molecule has 0 aliphatic heterocycles. The summed E-state index contributed by atoms with van der Waals surface area (Å²) in [6, 6.07) is -0.128. The van der Waals surface area contributed by atoms with Gasteiger partial charge in [-0.2, -0.15) is 0 Å². The van der Waals surface area contributed by atoms with Gasteiger partial charge in [0.1, 0.15) is 0 Å². The van der Waals surface area contributed by atoms with Crippen molar-refractivity contribution in [3.8, 4) is 0 Å². The lowest BCUT2D eigenvalue weighted by Crippen LogP contribution is -2.43. The third-order valence-electron chi connectivity index (χ3n) is 2.69. The van der Waals surface area contributed by atoms with E-state index in [4.69, 9.17) is 9.84 Å². The van der Waals surface area contributed by atoms with Crippen LogP contribution in [-0.2, 0) is 9.53 Å². The zero-order valence-corrected chi connectivity index (χ0v) is 11.4. The zero-order chi connectivity index (χ0) is 14.0. The Hall–Kier alpha value is -1.30. The molecular weight excluding hydrogens is 236 g/mol. The molecule has 0 saturated heterocycles. The lowest BCUT2D eigenvalue weighted by Gasteiger charge is -2.22. The second-order valence-electron chi connectivity index (χ2n) is 4.30. The lowest BCUT2D eigenvalue weighted by atomic mass is 10.1. The van der Waals surface area contributed by atoms with E-state index in [0.717, 1.165) is 0 Å². The van der Waals surface area contributed by atoms with Gasteiger partial charge in [-0.25, -0.2) is 4.79 Å². The molecule has 106 valence electrons. The van der Waals surface area contributed by atoms with Crippen molar-refractivity contribution in [3.05, 3.63) is 0 Å². The molecule has 1 atom stereocenters. The summed E-state index contributed by atoms with van der Waals surface area (Å²) in [5, 5.41) is 11.4. The monoisotopic (exact) mass is 260 g/mol. The first-order valence-electron chi connectivity index (χ1n) is 6.24. The molecule has 2 amide bonds. The molecule has 18 heavy (non-hydrogen) atoms. The van der Waals surface area contributed by atoms with Crippen LogP contribution in [0.2, 0.25) is 0 Å². The van der Waals surface area contributed by atoms with Gasteiger partial charge >= 0.3 is 12.0 Å². The molecule has 0 bridgehead atoms. The third-order valence-corrected chi connectivity index (χ3v) is 2.69. The Balaban J connectivity index is 3.88. The first kappa shape index (κ1) is 16.7.